The van der Waals surface area contributed by atoms with E-state index in [0.717, 1.165) is 32.5 Å². The van der Waals surface area contributed by atoms with E-state index in [4.69, 9.17) is 5.21 Å². The van der Waals surface area contributed by atoms with Crippen LogP contribution in [-0.4, -0.2) is 41.9 Å². The average Bonchev–Trinajstić information content (AvgIpc) is 2.47. The second-order valence-corrected chi connectivity index (χ2v) is 4.74. The molecule has 1 aliphatic heterocycles. The maximum atomic E-state index is 11.9. The van der Waals surface area contributed by atoms with Crippen LogP contribution in [0.25, 0.3) is 0 Å². The molecule has 19 heavy (non-hydrogen) atoms. The molecule has 0 aromatic carbocycles. The normalized spacial score (nSPS) is 16.6. The molecular formula is C13H19N4O2+. The summed E-state index contributed by atoms with van der Waals surface area (Å²) in [4.78, 5) is 15.9. The summed E-state index contributed by atoms with van der Waals surface area (Å²) in [7, 11) is 0. The maximum absolute atomic E-state index is 11.9. The number of aromatic nitrogens is 1. The van der Waals surface area contributed by atoms with E-state index >= 15 is 0 Å². The van der Waals surface area contributed by atoms with E-state index in [-0.39, 0.29) is 5.91 Å². The van der Waals surface area contributed by atoms with Gasteiger partial charge in [0.15, 0.2) is 0 Å². The van der Waals surface area contributed by atoms with Gasteiger partial charge in [-0.25, -0.2) is 0 Å². The van der Waals surface area contributed by atoms with Crippen molar-refractivity contribution < 1.29 is 15.3 Å². The molecule has 0 atom stereocenters. The summed E-state index contributed by atoms with van der Waals surface area (Å²) in [6, 6.07) is 3.32. The molecular weight excluding hydrogens is 244 g/mol. The van der Waals surface area contributed by atoms with Crippen molar-refractivity contribution in [1.82, 2.24) is 10.3 Å². The van der Waals surface area contributed by atoms with Crippen molar-refractivity contribution >= 4 is 12.1 Å². The van der Waals surface area contributed by atoms with Gasteiger partial charge in [0, 0.05) is 25.6 Å². The first-order valence-corrected chi connectivity index (χ1v) is 6.53. The van der Waals surface area contributed by atoms with Crippen LogP contribution < -0.4 is 10.6 Å². The molecule has 0 radical (unpaired) electrons. The molecule has 0 aliphatic carbocycles. The van der Waals surface area contributed by atoms with Crippen LogP contribution >= 0.6 is 0 Å². The van der Waals surface area contributed by atoms with Crippen LogP contribution in [0.15, 0.2) is 23.5 Å². The molecule has 1 aromatic rings. The van der Waals surface area contributed by atoms with E-state index < -0.39 is 0 Å². The Labute approximate surface area is 111 Å². The van der Waals surface area contributed by atoms with Gasteiger partial charge in [0.2, 0.25) is 0 Å². The van der Waals surface area contributed by atoms with Crippen molar-refractivity contribution in [2.24, 2.45) is 11.1 Å². The summed E-state index contributed by atoms with van der Waals surface area (Å²) < 4.78 is 0. The third-order valence-electron chi connectivity index (χ3n) is 3.35. The largest absolute Gasteiger partial charge is 0.411 e. The molecule has 6 nitrogen and oxygen atoms in total. The minimum absolute atomic E-state index is 0.102. The summed E-state index contributed by atoms with van der Waals surface area (Å²) in [6.07, 6.45) is 5.02. The van der Waals surface area contributed by atoms with Gasteiger partial charge in [0.25, 0.3) is 5.91 Å². The zero-order valence-electron chi connectivity index (χ0n) is 10.7. The van der Waals surface area contributed by atoms with Gasteiger partial charge in [-0.2, -0.15) is 0 Å². The van der Waals surface area contributed by atoms with Crippen molar-refractivity contribution in [2.75, 3.05) is 19.6 Å². The highest BCUT2D eigenvalue weighted by atomic mass is 16.4. The lowest BCUT2D eigenvalue weighted by molar-refractivity contribution is -0.664. The number of quaternary nitrogens is 1. The fraction of sp³-hybridized carbons (Fsp3) is 0.462. The van der Waals surface area contributed by atoms with Crippen LogP contribution in [0.1, 0.15) is 28.9 Å². The Hall–Kier alpha value is -1.95. The predicted molar refractivity (Wildman–Crippen MR) is 70.3 cm³/mol. The van der Waals surface area contributed by atoms with E-state index in [1.165, 1.54) is 12.4 Å². The SMILES string of the molecule is O=C(NCC1CC[NH2+]CC1)c1ccc(/C=N/O)nc1. The summed E-state index contributed by atoms with van der Waals surface area (Å²) in [5, 5.41) is 16.5. The zero-order chi connectivity index (χ0) is 13.5. The van der Waals surface area contributed by atoms with Crippen LogP contribution in [0, 0.1) is 5.92 Å². The van der Waals surface area contributed by atoms with Crippen molar-refractivity contribution in [1.29, 1.82) is 0 Å². The lowest BCUT2D eigenvalue weighted by Crippen LogP contribution is -2.86. The number of carbonyl (C=O) groups excluding carboxylic acids is 1. The standard InChI is InChI=1S/C13H18N4O2/c18-13(16-7-10-3-5-14-6-4-10)11-1-2-12(9-17-19)15-8-11/h1-2,8-10,14,19H,3-7H2,(H,16,18)/p+1/b17-9+. The van der Waals surface area contributed by atoms with Crippen LogP contribution in [0.5, 0.6) is 0 Å². The number of nitrogens with two attached hydrogens (primary N) is 1. The van der Waals surface area contributed by atoms with Gasteiger partial charge in [-0.1, -0.05) is 5.16 Å². The van der Waals surface area contributed by atoms with Gasteiger partial charge in [-0.3, -0.25) is 9.78 Å². The molecule has 1 fully saturated rings. The van der Waals surface area contributed by atoms with Crippen LogP contribution in [-0.2, 0) is 0 Å². The number of hydrogen-bond donors (Lipinski definition) is 3. The molecule has 0 bridgehead atoms. The average molecular weight is 263 g/mol. The quantitative estimate of drug-likeness (QED) is 0.392. The Bertz CT molecular complexity index is 438. The molecule has 1 aliphatic rings. The lowest BCUT2D eigenvalue weighted by Gasteiger charge is -2.20. The predicted octanol–water partition coefficient (Wildman–Crippen LogP) is -0.407. The van der Waals surface area contributed by atoms with Crippen LogP contribution in [0.3, 0.4) is 0 Å². The number of oxime groups is 1. The third kappa shape index (κ3) is 4.03. The zero-order valence-corrected chi connectivity index (χ0v) is 10.7. The van der Waals surface area contributed by atoms with Crippen molar-refractivity contribution in [2.45, 2.75) is 12.8 Å². The number of pyridine rings is 1. The minimum atomic E-state index is -0.102. The molecule has 4 N–H and O–H groups in total. The van der Waals surface area contributed by atoms with Crippen LogP contribution in [0.2, 0.25) is 0 Å². The topological polar surface area (TPSA) is 91.2 Å². The Morgan fingerprint density at radius 1 is 1.53 bits per heavy atom. The van der Waals surface area contributed by atoms with E-state index in [1.807, 2.05) is 0 Å². The van der Waals surface area contributed by atoms with Gasteiger partial charge >= 0.3 is 0 Å². The molecule has 1 saturated heterocycles. The Morgan fingerprint density at radius 3 is 2.95 bits per heavy atom. The van der Waals surface area contributed by atoms with Crippen LogP contribution in [0.4, 0.5) is 0 Å². The number of nitrogens with one attached hydrogen (secondary N) is 1. The molecule has 6 heteroatoms. The van der Waals surface area contributed by atoms with Crippen molar-refractivity contribution in [3.8, 4) is 0 Å². The number of rotatable bonds is 4. The molecule has 0 spiro atoms. The number of piperidine rings is 1. The van der Waals surface area contributed by atoms with Crippen molar-refractivity contribution in [3.63, 3.8) is 0 Å². The van der Waals surface area contributed by atoms with Gasteiger partial charge in [-0.05, 0) is 18.1 Å². The lowest BCUT2D eigenvalue weighted by atomic mass is 9.98. The van der Waals surface area contributed by atoms with E-state index in [2.05, 4.69) is 20.8 Å². The summed E-state index contributed by atoms with van der Waals surface area (Å²) in [6.45, 7) is 3.03. The maximum Gasteiger partial charge on any atom is 0.252 e. The number of hydrogen-bond acceptors (Lipinski definition) is 4. The van der Waals surface area contributed by atoms with E-state index in [0.29, 0.717) is 17.2 Å². The van der Waals surface area contributed by atoms with Gasteiger partial charge < -0.3 is 15.8 Å². The minimum Gasteiger partial charge on any atom is -0.411 e. The monoisotopic (exact) mass is 263 g/mol. The third-order valence-corrected chi connectivity index (χ3v) is 3.35. The number of nitrogens with zero attached hydrogens (tertiary/aromatic N) is 2. The highest BCUT2D eigenvalue weighted by Gasteiger charge is 2.16. The fourth-order valence-electron chi connectivity index (χ4n) is 2.21. The van der Waals surface area contributed by atoms with E-state index in [9.17, 15) is 4.79 Å². The Kier molecular flexibility index (Phi) is 4.85. The molecule has 102 valence electrons. The molecule has 2 rings (SSSR count). The van der Waals surface area contributed by atoms with E-state index in [1.54, 1.807) is 12.1 Å². The molecule has 1 aromatic heterocycles. The Balaban J connectivity index is 1.85. The Morgan fingerprint density at radius 2 is 2.32 bits per heavy atom. The van der Waals surface area contributed by atoms with Crippen molar-refractivity contribution in [3.05, 3.63) is 29.6 Å². The first-order chi connectivity index (χ1) is 9.29. The number of amides is 1. The van der Waals surface area contributed by atoms with Gasteiger partial charge in [0.05, 0.1) is 30.6 Å². The highest BCUT2D eigenvalue weighted by Crippen LogP contribution is 2.07. The number of carbonyl (C=O) groups is 1. The summed E-state index contributed by atoms with van der Waals surface area (Å²) in [5.41, 5.74) is 1.04. The second-order valence-electron chi connectivity index (χ2n) is 4.74. The van der Waals surface area contributed by atoms with Gasteiger partial charge in [-0.15, -0.1) is 0 Å². The molecule has 0 saturated carbocycles. The first-order valence-electron chi connectivity index (χ1n) is 6.53. The summed E-state index contributed by atoms with van der Waals surface area (Å²) in [5.74, 6) is 0.484. The fourth-order valence-corrected chi connectivity index (χ4v) is 2.21. The molecule has 1 amide bonds. The second kappa shape index (κ2) is 6.84. The molecule has 0 unspecified atom stereocenters. The summed E-state index contributed by atoms with van der Waals surface area (Å²) >= 11 is 0. The highest BCUT2D eigenvalue weighted by molar-refractivity contribution is 5.94. The van der Waals surface area contributed by atoms with Gasteiger partial charge in [0.1, 0.15) is 0 Å². The smallest absolute Gasteiger partial charge is 0.252 e. The first kappa shape index (κ1) is 13.5. The molecule has 2 heterocycles.